The quantitative estimate of drug-likeness (QED) is 0.486. The minimum Gasteiger partial charge on any atom is -0.458 e. The fraction of sp³-hybridized carbons (Fsp3) is 0.423. The summed E-state index contributed by atoms with van der Waals surface area (Å²) in [7, 11) is 0. The van der Waals surface area contributed by atoms with Gasteiger partial charge >= 0.3 is 5.97 Å². The summed E-state index contributed by atoms with van der Waals surface area (Å²) in [6.07, 6.45) is 3.54. The summed E-state index contributed by atoms with van der Waals surface area (Å²) < 4.78 is 6.91. The Morgan fingerprint density at radius 1 is 1.15 bits per heavy atom. The molecule has 3 aliphatic heterocycles. The number of rotatable bonds is 4. The second-order valence-electron chi connectivity index (χ2n) is 9.34. The van der Waals surface area contributed by atoms with Crippen LogP contribution >= 0.6 is 0 Å². The average molecular weight is 446 g/mol. The molecule has 33 heavy (non-hydrogen) atoms. The topological polar surface area (TPSA) is 84.7 Å². The van der Waals surface area contributed by atoms with Gasteiger partial charge < -0.3 is 19.3 Å². The molecule has 0 saturated carbocycles. The number of likely N-dealkylation sites (tertiary alicyclic amines) is 1. The highest BCUT2D eigenvalue weighted by molar-refractivity contribution is 5.89. The van der Waals surface area contributed by atoms with E-state index in [2.05, 4.69) is 11.0 Å². The molecule has 0 amide bonds. The molecule has 1 unspecified atom stereocenters. The summed E-state index contributed by atoms with van der Waals surface area (Å²) in [5.41, 5.74) is 3.36. The number of aliphatic hydroxyl groups is 1. The number of cyclic esters (lactones) is 1. The molecule has 6 rings (SSSR count). The Morgan fingerprint density at radius 2 is 1.94 bits per heavy atom. The Balaban J connectivity index is 1.54. The number of carbonyl (C=O) groups excluding carboxylic acids is 1. The zero-order valence-electron chi connectivity index (χ0n) is 18.8. The van der Waals surface area contributed by atoms with Crippen molar-refractivity contribution in [2.45, 2.75) is 51.4 Å². The molecule has 0 spiro atoms. The van der Waals surface area contributed by atoms with Crippen molar-refractivity contribution >= 4 is 16.9 Å². The molecule has 7 nitrogen and oxygen atoms in total. The Hall–Kier alpha value is -3.03. The third kappa shape index (κ3) is 2.99. The summed E-state index contributed by atoms with van der Waals surface area (Å²) in [6, 6.07) is 9.92. The fourth-order valence-electron chi connectivity index (χ4n) is 5.67. The van der Waals surface area contributed by atoms with Crippen LogP contribution in [-0.4, -0.2) is 45.2 Å². The van der Waals surface area contributed by atoms with Crippen LogP contribution in [0.2, 0.25) is 0 Å². The predicted molar refractivity (Wildman–Crippen MR) is 124 cm³/mol. The first-order valence-corrected chi connectivity index (χ1v) is 11.8. The van der Waals surface area contributed by atoms with E-state index in [-0.39, 0.29) is 18.6 Å². The van der Waals surface area contributed by atoms with Crippen LogP contribution in [0.3, 0.4) is 0 Å². The largest absolute Gasteiger partial charge is 0.458 e. The smallest absolute Gasteiger partial charge is 0.343 e. The van der Waals surface area contributed by atoms with Gasteiger partial charge in [-0.2, -0.15) is 0 Å². The molecule has 1 aromatic carbocycles. The van der Waals surface area contributed by atoms with Crippen molar-refractivity contribution in [3.63, 3.8) is 0 Å². The van der Waals surface area contributed by atoms with E-state index in [9.17, 15) is 14.7 Å². The summed E-state index contributed by atoms with van der Waals surface area (Å²) in [5, 5.41) is 12.2. The number of ether oxygens (including phenoxy) is 1. The van der Waals surface area contributed by atoms with E-state index in [0.717, 1.165) is 48.2 Å². The van der Waals surface area contributed by atoms with Gasteiger partial charge in [0.1, 0.15) is 6.61 Å². The van der Waals surface area contributed by atoms with Crippen molar-refractivity contribution in [1.82, 2.24) is 14.5 Å². The normalized spacial score (nSPS) is 21.7. The van der Waals surface area contributed by atoms with Gasteiger partial charge in [0.2, 0.25) is 0 Å². The van der Waals surface area contributed by atoms with Crippen LogP contribution in [0.1, 0.15) is 48.4 Å². The first-order chi connectivity index (χ1) is 16.0. The highest BCUT2D eigenvalue weighted by Crippen LogP contribution is 2.40. The summed E-state index contributed by atoms with van der Waals surface area (Å²) in [6.45, 7) is 5.32. The molecule has 1 atom stereocenters. The van der Waals surface area contributed by atoms with Crippen molar-refractivity contribution in [1.29, 1.82) is 0 Å². The third-order valence-electron chi connectivity index (χ3n) is 7.59. The molecule has 5 heterocycles. The number of hydrogen-bond donors (Lipinski definition) is 1. The van der Waals surface area contributed by atoms with E-state index < -0.39 is 11.6 Å². The SMILES string of the molecule is CCC1(O)C(=O)OCc2c1cc1n(c2=O)Cc2c-1nc1ccccc1c2CCN1CCCC1. The lowest BCUT2D eigenvalue weighted by atomic mass is 9.86. The van der Waals surface area contributed by atoms with Crippen LogP contribution < -0.4 is 5.56 Å². The van der Waals surface area contributed by atoms with Crippen LogP contribution in [0.25, 0.3) is 22.3 Å². The Labute approximate surface area is 191 Å². The van der Waals surface area contributed by atoms with Gasteiger partial charge in [-0.1, -0.05) is 25.1 Å². The van der Waals surface area contributed by atoms with E-state index in [0.29, 0.717) is 23.4 Å². The van der Waals surface area contributed by atoms with Gasteiger partial charge in [-0.25, -0.2) is 9.78 Å². The average Bonchev–Trinajstić information content (AvgIpc) is 3.48. The van der Waals surface area contributed by atoms with Crippen LogP contribution in [0, 0.1) is 0 Å². The Kier molecular flexibility index (Phi) is 4.67. The zero-order chi connectivity index (χ0) is 22.7. The summed E-state index contributed by atoms with van der Waals surface area (Å²) >= 11 is 0. The minimum atomic E-state index is -1.81. The molecule has 0 aliphatic carbocycles. The van der Waals surface area contributed by atoms with E-state index in [1.165, 1.54) is 18.4 Å². The van der Waals surface area contributed by atoms with E-state index in [1.807, 2.05) is 18.2 Å². The lowest BCUT2D eigenvalue weighted by Crippen LogP contribution is -2.44. The Bertz CT molecular complexity index is 1360. The molecular formula is C26H27N3O4. The molecule has 1 N–H and O–H groups in total. The highest BCUT2D eigenvalue weighted by atomic mass is 16.6. The fourth-order valence-corrected chi connectivity index (χ4v) is 5.67. The molecule has 1 fully saturated rings. The number of carbonyl (C=O) groups is 1. The standard InChI is InChI=1S/C26H27N3O4/c1-2-26(32)20-13-22-23-18(14-29(22)24(30)19(20)15-33-25(26)31)16(9-12-28-10-5-6-11-28)17-7-3-4-8-21(17)27-23/h3-4,7-8,13,32H,2,5-6,9-12,14-15H2,1H3. The monoisotopic (exact) mass is 445 g/mol. The lowest BCUT2D eigenvalue weighted by Gasteiger charge is -2.31. The van der Waals surface area contributed by atoms with Crippen molar-refractivity contribution in [3.05, 3.63) is 62.9 Å². The van der Waals surface area contributed by atoms with Crippen molar-refractivity contribution < 1.29 is 14.6 Å². The number of nitrogens with zero attached hydrogens (tertiary/aromatic N) is 3. The highest BCUT2D eigenvalue weighted by Gasteiger charge is 2.45. The number of hydrogen-bond acceptors (Lipinski definition) is 6. The second-order valence-corrected chi connectivity index (χ2v) is 9.34. The first-order valence-electron chi connectivity index (χ1n) is 11.8. The van der Waals surface area contributed by atoms with Crippen molar-refractivity contribution in [2.75, 3.05) is 19.6 Å². The molecule has 3 aliphatic rings. The number of pyridine rings is 2. The third-order valence-corrected chi connectivity index (χ3v) is 7.59. The van der Waals surface area contributed by atoms with Crippen LogP contribution in [0.5, 0.6) is 0 Å². The number of para-hydroxylation sites is 1. The van der Waals surface area contributed by atoms with Gasteiger partial charge in [0.15, 0.2) is 5.60 Å². The molecule has 2 aromatic heterocycles. The molecule has 7 heteroatoms. The minimum absolute atomic E-state index is 0.108. The molecule has 0 radical (unpaired) electrons. The van der Waals surface area contributed by atoms with Gasteiger partial charge in [-0.05, 0) is 56.5 Å². The molecule has 1 saturated heterocycles. The Morgan fingerprint density at radius 3 is 2.73 bits per heavy atom. The molecule has 170 valence electrons. The predicted octanol–water partition coefficient (Wildman–Crippen LogP) is 2.72. The van der Waals surface area contributed by atoms with Crippen molar-refractivity contribution in [2.24, 2.45) is 0 Å². The number of fused-ring (bicyclic) bond motifs is 5. The van der Waals surface area contributed by atoms with E-state index >= 15 is 0 Å². The maximum absolute atomic E-state index is 13.5. The van der Waals surface area contributed by atoms with Gasteiger partial charge in [0, 0.05) is 23.1 Å². The van der Waals surface area contributed by atoms with Gasteiger partial charge in [-0.15, -0.1) is 0 Å². The number of aromatic nitrogens is 2. The number of benzene rings is 1. The zero-order valence-corrected chi connectivity index (χ0v) is 18.8. The van der Waals surface area contributed by atoms with Gasteiger partial charge in [0.05, 0.1) is 29.0 Å². The first kappa shape index (κ1) is 20.6. The maximum atomic E-state index is 13.5. The van der Waals surface area contributed by atoms with Gasteiger partial charge in [0.25, 0.3) is 5.56 Å². The number of esters is 1. The second kappa shape index (κ2) is 7.50. The molecule has 3 aromatic rings. The summed E-state index contributed by atoms with van der Waals surface area (Å²) in [5.74, 6) is -0.696. The van der Waals surface area contributed by atoms with Crippen molar-refractivity contribution in [3.8, 4) is 11.4 Å². The van der Waals surface area contributed by atoms with E-state index in [4.69, 9.17) is 9.72 Å². The van der Waals surface area contributed by atoms with E-state index in [1.54, 1.807) is 17.6 Å². The summed E-state index contributed by atoms with van der Waals surface area (Å²) in [4.78, 5) is 33.3. The molecular weight excluding hydrogens is 418 g/mol. The van der Waals surface area contributed by atoms with Crippen LogP contribution in [-0.2, 0) is 34.7 Å². The van der Waals surface area contributed by atoms with Crippen LogP contribution in [0.15, 0.2) is 35.1 Å². The van der Waals surface area contributed by atoms with Crippen LogP contribution in [0.4, 0.5) is 0 Å². The lowest BCUT2D eigenvalue weighted by molar-refractivity contribution is -0.172. The van der Waals surface area contributed by atoms with Gasteiger partial charge in [-0.3, -0.25) is 4.79 Å². The molecule has 0 bridgehead atoms. The maximum Gasteiger partial charge on any atom is 0.343 e.